The zero-order chi connectivity index (χ0) is 17.4. The Labute approximate surface area is 149 Å². The number of pyridine rings is 2. The molecule has 0 fully saturated rings. The number of rotatable bonds is 3. The first kappa shape index (κ1) is 15.5. The van der Waals surface area contributed by atoms with Gasteiger partial charge in [0.1, 0.15) is 28.7 Å². The lowest BCUT2D eigenvalue weighted by atomic mass is 10.2. The molecule has 0 saturated carbocycles. The van der Waals surface area contributed by atoms with Crippen molar-refractivity contribution in [2.75, 3.05) is 7.11 Å². The summed E-state index contributed by atoms with van der Waals surface area (Å²) in [6.45, 7) is 0. The Morgan fingerprint density at radius 1 is 1.08 bits per heavy atom. The molecule has 3 heterocycles. The molecular formula is C19H14ClN3O2. The summed E-state index contributed by atoms with van der Waals surface area (Å²) in [6, 6.07) is 14.4. The minimum absolute atomic E-state index is 0.0720. The van der Waals surface area contributed by atoms with E-state index in [1.807, 2.05) is 40.9 Å². The van der Waals surface area contributed by atoms with E-state index in [0.29, 0.717) is 33.5 Å². The van der Waals surface area contributed by atoms with Crippen molar-refractivity contribution in [3.05, 3.63) is 65.9 Å². The SMILES string of the molecule is COc1cccnc1-c1nc(-c2ccc(Cl)cc2O)n2ccccc12. The minimum atomic E-state index is 0.0720. The zero-order valence-corrected chi connectivity index (χ0v) is 14.1. The highest BCUT2D eigenvalue weighted by Gasteiger charge is 2.19. The van der Waals surface area contributed by atoms with Crippen molar-refractivity contribution in [3.8, 4) is 34.3 Å². The molecule has 0 spiro atoms. The second-order valence-electron chi connectivity index (χ2n) is 5.46. The van der Waals surface area contributed by atoms with Crippen molar-refractivity contribution in [1.82, 2.24) is 14.4 Å². The van der Waals surface area contributed by atoms with Crippen LogP contribution in [0.5, 0.6) is 11.5 Å². The molecule has 0 amide bonds. The summed E-state index contributed by atoms with van der Waals surface area (Å²) < 4.78 is 7.33. The van der Waals surface area contributed by atoms with Gasteiger partial charge in [-0.25, -0.2) is 4.98 Å². The number of benzene rings is 1. The van der Waals surface area contributed by atoms with Crippen LogP contribution < -0.4 is 4.74 Å². The van der Waals surface area contributed by atoms with Gasteiger partial charge in [0.25, 0.3) is 0 Å². The van der Waals surface area contributed by atoms with Crippen LogP contribution in [-0.2, 0) is 0 Å². The van der Waals surface area contributed by atoms with Gasteiger partial charge in [-0.15, -0.1) is 0 Å². The number of phenolic OH excluding ortho intramolecular Hbond substituents is 1. The van der Waals surface area contributed by atoms with E-state index in [-0.39, 0.29) is 5.75 Å². The highest BCUT2D eigenvalue weighted by Crippen LogP contribution is 2.36. The van der Waals surface area contributed by atoms with E-state index in [0.717, 1.165) is 5.52 Å². The zero-order valence-electron chi connectivity index (χ0n) is 13.3. The molecule has 0 aliphatic carbocycles. The molecule has 0 aliphatic rings. The first-order valence-corrected chi connectivity index (χ1v) is 8.02. The van der Waals surface area contributed by atoms with Crippen molar-refractivity contribution >= 4 is 17.1 Å². The number of hydrogen-bond acceptors (Lipinski definition) is 4. The van der Waals surface area contributed by atoms with Crippen LogP contribution in [0, 0.1) is 0 Å². The predicted molar refractivity (Wildman–Crippen MR) is 97.1 cm³/mol. The number of hydrogen-bond donors (Lipinski definition) is 1. The normalized spacial score (nSPS) is 11.0. The molecule has 4 aromatic rings. The van der Waals surface area contributed by atoms with E-state index in [1.54, 1.807) is 25.4 Å². The third kappa shape index (κ3) is 2.58. The van der Waals surface area contributed by atoms with Gasteiger partial charge in [0.05, 0.1) is 18.2 Å². The van der Waals surface area contributed by atoms with E-state index in [1.165, 1.54) is 6.07 Å². The topological polar surface area (TPSA) is 59.7 Å². The summed E-state index contributed by atoms with van der Waals surface area (Å²) in [5.74, 6) is 1.31. The Hall–Kier alpha value is -3.05. The third-order valence-electron chi connectivity index (χ3n) is 3.96. The number of nitrogens with zero attached hydrogens (tertiary/aromatic N) is 3. The maximum absolute atomic E-state index is 10.3. The van der Waals surface area contributed by atoms with E-state index < -0.39 is 0 Å². The van der Waals surface area contributed by atoms with Crippen molar-refractivity contribution in [1.29, 1.82) is 0 Å². The monoisotopic (exact) mass is 351 g/mol. The molecule has 4 rings (SSSR count). The van der Waals surface area contributed by atoms with Crippen molar-refractivity contribution in [2.24, 2.45) is 0 Å². The third-order valence-corrected chi connectivity index (χ3v) is 4.20. The van der Waals surface area contributed by atoms with Crippen LogP contribution in [-0.4, -0.2) is 26.6 Å². The van der Waals surface area contributed by atoms with Crippen LogP contribution in [0.3, 0.4) is 0 Å². The predicted octanol–water partition coefficient (Wildman–Crippen LogP) is 4.43. The van der Waals surface area contributed by atoms with Crippen LogP contribution >= 0.6 is 11.6 Å². The van der Waals surface area contributed by atoms with Crippen LogP contribution in [0.15, 0.2) is 60.9 Å². The van der Waals surface area contributed by atoms with Gasteiger partial charge < -0.3 is 9.84 Å². The molecule has 0 bridgehead atoms. The Balaban J connectivity index is 2.02. The number of aromatic nitrogens is 3. The van der Waals surface area contributed by atoms with Crippen LogP contribution in [0.1, 0.15) is 0 Å². The molecule has 0 aliphatic heterocycles. The molecule has 3 aromatic heterocycles. The van der Waals surface area contributed by atoms with Crippen LogP contribution in [0.4, 0.5) is 0 Å². The highest BCUT2D eigenvalue weighted by atomic mass is 35.5. The van der Waals surface area contributed by atoms with Gasteiger partial charge in [-0.05, 0) is 42.5 Å². The van der Waals surface area contributed by atoms with Crippen molar-refractivity contribution in [3.63, 3.8) is 0 Å². The molecule has 0 radical (unpaired) electrons. The molecule has 25 heavy (non-hydrogen) atoms. The number of ether oxygens (including phenoxy) is 1. The summed E-state index contributed by atoms with van der Waals surface area (Å²) in [4.78, 5) is 9.18. The average Bonchev–Trinajstić information content (AvgIpc) is 3.01. The molecule has 6 heteroatoms. The second kappa shape index (κ2) is 6.11. The largest absolute Gasteiger partial charge is 0.507 e. The molecule has 1 N–H and O–H groups in total. The Morgan fingerprint density at radius 3 is 2.76 bits per heavy atom. The fraction of sp³-hybridized carbons (Fsp3) is 0.0526. The van der Waals surface area contributed by atoms with E-state index >= 15 is 0 Å². The molecule has 0 unspecified atom stereocenters. The van der Waals surface area contributed by atoms with Gasteiger partial charge in [0, 0.05) is 17.4 Å². The maximum atomic E-state index is 10.3. The number of halogens is 1. The molecule has 0 atom stereocenters. The fourth-order valence-corrected chi connectivity index (χ4v) is 3.00. The van der Waals surface area contributed by atoms with E-state index in [9.17, 15) is 5.11 Å². The van der Waals surface area contributed by atoms with Crippen LogP contribution in [0.2, 0.25) is 5.02 Å². The Morgan fingerprint density at radius 2 is 1.96 bits per heavy atom. The van der Waals surface area contributed by atoms with Gasteiger partial charge in [0.15, 0.2) is 0 Å². The van der Waals surface area contributed by atoms with Crippen LogP contribution in [0.25, 0.3) is 28.3 Å². The first-order valence-electron chi connectivity index (χ1n) is 7.64. The summed E-state index contributed by atoms with van der Waals surface area (Å²) in [7, 11) is 1.60. The molecule has 1 aromatic carbocycles. The number of methoxy groups -OCH3 is 1. The van der Waals surface area contributed by atoms with E-state index in [4.69, 9.17) is 21.3 Å². The molecule has 5 nitrogen and oxygen atoms in total. The fourth-order valence-electron chi connectivity index (χ4n) is 2.83. The average molecular weight is 352 g/mol. The smallest absolute Gasteiger partial charge is 0.149 e. The molecular weight excluding hydrogens is 338 g/mol. The van der Waals surface area contributed by atoms with Gasteiger partial charge >= 0.3 is 0 Å². The highest BCUT2D eigenvalue weighted by molar-refractivity contribution is 6.30. The second-order valence-corrected chi connectivity index (χ2v) is 5.89. The summed E-state index contributed by atoms with van der Waals surface area (Å²) in [5, 5.41) is 10.8. The van der Waals surface area contributed by atoms with Crippen molar-refractivity contribution < 1.29 is 9.84 Å². The molecule has 0 saturated heterocycles. The minimum Gasteiger partial charge on any atom is -0.507 e. The number of imidazole rings is 1. The summed E-state index contributed by atoms with van der Waals surface area (Å²) in [6.07, 6.45) is 3.59. The standard InChI is InChI=1S/C19H14ClN3O2/c1-25-16-6-4-9-21-18(16)17-14-5-2-3-10-23(14)19(22-17)13-8-7-12(20)11-15(13)24/h2-11,24H,1H3. The maximum Gasteiger partial charge on any atom is 0.149 e. The number of phenols is 1. The number of aromatic hydroxyl groups is 1. The quantitative estimate of drug-likeness (QED) is 0.593. The van der Waals surface area contributed by atoms with Crippen molar-refractivity contribution in [2.45, 2.75) is 0 Å². The van der Waals surface area contributed by atoms with Gasteiger partial charge in [-0.2, -0.15) is 0 Å². The summed E-state index contributed by atoms with van der Waals surface area (Å²) >= 11 is 5.95. The van der Waals surface area contributed by atoms with Gasteiger partial charge in [-0.3, -0.25) is 9.38 Å². The number of fused-ring (bicyclic) bond motifs is 1. The van der Waals surface area contributed by atoms with E-state index in [2.05, 4.69) is 4.98 Å². The summed E-state index contributed by atoms with van der Waals surface area (Å²) in [5.41, 5.74) is 2.78. The first-order chi connectivity index (χ1) is 12.2. The molecule has 124 valence electrons. The Bertz CT molecular complexity index is 1080. The van der Waals surface area contributed by atoms with Gasteiger partial charge in [0.2, 0.25) is 0 Å². The van der Waals surface area contributed by atoms with Gasteiger partial charge in [-0.1, -0.05) is 17.7 Å². The lowest BCUT2D eigenvalue weighted by Crippen LogP contribution is -1.91. The lowest BCUT2D eigenvalue weighted by molar-refractivity contribution is 0.414. The lowest BCUT2D eigenvalue weighted by Gasteiger charge is -2.04. The Kier molecular flexibility index (Phi) is 3.78.